The smallest absolute Gasteiger partial charge is 0.329 e. The van der Waals surface area contributed by atoms with Crippen LogP contribution in [-0.2, 0) is 9.53 Å². The Bertz CT molecular complexity index is 498. The van der Waals surface area contributed by atoms with Crippen LogP contribution >= 0.6 is 0 Å². The molecule has 7 nitrogen and oxygen atoms in total. The third-order valence-corrected chi connectivity index (χ3v) is 3.21. The molecule has 20 heavy (non-hydrogen) atoms. The maximum absolute atomic E-state index is 12.2. The molecule has 0 aromatic carbocycles. The average molecular weight is 279 g/mol. The van der Waals surface area contributed by atoms with E-state index in [1.807, 2.05) is 0 Å². The standard InChI is InChI=1S/C13H17N3O4/c14-10-2-1-5-15-12(10)13(19)16-6-3-9(4-7-16)20-8-11(17)18/h1-2,5,9H,3-4,6-8,14H2,(H,17,18). The lowest BCUT2D eigenvalue weighted by Crippen LogP contribution is -2.41. The second-order valence-electron chi connectivity index (χ2n) is 4.64. The number of amides is 1. The number of likely N-dealkylation sites (tertiary alicyclic amines) is 1. The highest BCUT2D eigenvalue weighted by molar-refractivity contribution is 5.97. The van der Waals surface area contributed by atoms with Crippen LogP contribution in [0.5, 0.6) is 0 Å². The van der Waals surface area contributed by atoms with Crippen molar-refractivity contribution in [3.8, 4) is 0 Å². The second-order valence-corrected chi connectivity index (χ2v) is 4.64. The van der Waals surface area contributed by atoms with E-state index in [4.69, 9.17) is 15.6 Å². The summed E-state index contributed by atoms with van der Waals surface area (Å²) in [5.41, 5.74) is 6.36. The number of nitrogens with two attached hydrogens (primary N) is 1. The number of aliphatic carboxylic acids is 1. The fourth-order valence-electron chi connectivity index (χ4n) is 2.16. The zero-order valence-electron chi connectivity index (χ0n) is 11.0. The lowest BCUT2D eigenvalue weighted by molar-refractivity contribution is -0.145. The van der Waals surface area contributed by atoms with Crippen LogP contribution in [0.25, 0.3) is 0 Å². The van der Waals surface area contributed by atoms with Crippen LogP contribution in [0.1, 0.15) is 23.3 Å². The van der Waals surface area contributed by atoms with E-state index in [0.717, 1.165) is 0 Å². The van der Waals surface area contributed by atoms with E-state index in [-0.39, 0.29) is 24.3 Å². The fraction of sp³-hybridized carbons (Fsp3) is 0.462. The Morgan fingerprint density at radius 3 is 2.75 bits per heavy atom. The average Bonchev–Trinajstić information content (AvgIpc) is 2.45. The van der Waals surface area contributed by atoms with Gasteiger partial charge in [-0.3, -0.25) is 4.79 Å². The number of anilines is 1. The minimum absolute atomic E-state index is 0.115. The van der Waals surface area contributed by atoms with Crippen molar-refractivity contribution in [2.75, 3.05) is 25.4 Å². The van der Waals surface area contributed by atoms with E-state index >= 15 is 0 Å². The normalized spacial score (nSPS) is 16.1. The molecule has 1 fully saturated rings. The molecular formula is C13H17N3O4. The van der Waals surface area contributed by atoms with E-state index in [9.17, 15) is 9.59 Å². The van der Waals surface area contributed by atoms with Gasteiger partial charge in [-0.25, -0.2) is 9.78 Å². The lowest BCUT2D eigenvalue weighted by atomic mass is 10.1. The molecule has 0 radical (unpaired) electrons. The highest BCUT2D eigenvalue weighted by atomic mass is 16.5. The minimum Gasteiger partial charge on any atom is -0.480 e. The van der Waals surface area contributed by atoms with Crippen molar-refractivity contribution in [2.45, 2.75) is 18.9 Å². The van der Waals surface area contributed by atoms with Gasteiger partial charge in [-0.15, -0.1) is 0 Å². The Kier molecular flexibility index (Phi) is 4.52. The van der Waals surface area contributed by atoms with E-state index < -0.39 is 5.97 Å². The Morgan fingerprint density at radius 1 is 1.45 bits per heavy atom. The zero-order valence-corrected chi connectivity index (χ0v) is 11.0. The third-order valence-electron chi connectivity index (χ3n) is 3.21. The SMILES string of the molecule is Nc1cccnc1C(=O)N1CCC(OCC(=O)O)CC1. The van der Waals surface area contributed by atoms with Gasteiger partial charge in [0.2, 0.25) is 0 Å². The number of hydrogen-bond acceptors (Lipinski definition) is 5. The van der Waals surface area contributed by atoms with Crippen LogP contribution in [-0.4, -0.2) is 52.7 Å². The van der Waals surface area contributed by atoms with Gasteiger partial charge < -0.3 is 20.5 Å². The number of hydrogen-bond donors (Lipinski definition) is 2. The summed E-state index contributed by atoms with van der Waals surface area (Å²) in [6.07, 6.45) is 2.65. The topological polar surface area (TPSA) is 106 Å². The molecular weight excluding hydrogens is 262 g/mol. The maximum atomic E-state index is 12.2. The minimum atomic E-state index is -0.982. The van der Waals surface area contributed by atoms with Gasteiger partial charge in [0.1, 0.15) is 6.61 Å². The van der Waals surface area contributed by atoms with Crippen molar-refractivity contribution in [3.05, 3.63) is 24.0 Å². The molecule has 1 aromatic heterocycles. The summed E-state index contributed by atoms with van der Waals surface area (Å²) in [5, 5.41) is 8.55. The molecule has 0 atom stereocenters. The predicted octanol–water partition coefficient (Wildman–Crippen LogP) is 0.370. The van der Waals surface area contributed by atoms with Gasteiger partial charge in [-0.1, -0.05) is 0 Å². The Labute approximate surface area is 116 Å². The monoisotopic (exact) mass is 279 g/mol. The summed E-state index contributed by atoms with van der Waals surface area (Å²) in [5.74, 6) is -1.18. The molecule has 1 aliphatic heterocycles. The van der Waals surface area contributed by atoms with Crippen LogP contribution in [0.15, 0.2) is 18.3 Å². The maximum Gasteiger partial charge on any atom is 0.329 e. The van der Waals surface area contributed by atoms with Gasteiger partial charge in [0, 0.05) is 19.3 Å². The summed E-state index contributed by atoms with van der Waals surface area (Å²) in [7, 11) is 0. The number of carbonyl (C=O) groups excluding carboxylic acids is 1. The molecule has 7 heteroatoms. The van der Waals surface area contributed by atoms with E-state index in [2.05, 4.69) is 4.98 Å². The molecule has 2 rings (SSSR count). The number of carboxylic acids is 1. The highest BCUT2D eigenvalue weighted by Crippen LogP contribution is 2.17. The first kappa shape index (κ1) is 14.3. The van der Waals surface area contributed by atoms with Crippen LogP contribution in [0, 0.1) is 0 Å². The van der Waals surface area contributed by atoms with Gasteiger partial charge in [-0.05, 0) is 25.0 Å². The Morgan fingerprint density at radius 2 is 2.15 bits per heavy atom. The van der Waals surface area contributed by atoms with Crippen LogP contribution in [0.4, 0.5) is 5.69 Å². The summed E-state index contributed by atoms with van der Waals surface area (Å²) < 4.78 is 5.22. The van der Waals surface area contributed by atoms with Crippen LogP contribution < -0.4 is 5.73 Å². The first-order chi connectivity index (χ1) is 9.58. The molecule has 0 unspecified atom stereocenters. The van der Waals surface area contributed by atoms with Crippen LogP contribution in [0.2, 0.25) is 0 Å². The number of nitrogens with zero attached hydrogens (tertiary/aromatic N) is 2. The van der Waals surface area contributed by atoms with Gasteiger partial charge in [0.25, 0.3) is 5.91 Å². The molecule has 2 heterocycles. The molecule has 0 saturated carbocycles. The second kappa shape index (κ2) is 6.33. The van der Waals surface area contributed by atoms with Gasteiger partial charge in [-0.2, -0.15) is 0 Å². The molecule has 1 saturated heterocycles. The molecule has 108 valence electrons. The van der Waals surface area contributed by atoms with Crippen molar-refractivity contribution in [2.24, 2.45) is 0 Å². The number of nitrogen functional groups attached to an aromatic ring is 1. The first-order valence-electron chi connectivity index (χ1n) is 6.41. The largest absolute Gasteiger partial charge is 0.480 e. The lowest BCUT2D eigenvalue weighted by Gasteiger charge is -2.31. The Hall–Kier alpha value is -2.15. The fourth-order valence-corrected chi connectivity index (χ4v) is 2.16. The summed E-state index contributed by atoms with van der Waals surface area (Å²) in [4.78, 5) is 28.3. The van der Waals surface area contributed by atoms with Crippen molar-refractivity contribution < 1.29 is 19.4 Å². The predicted molar refractivity (Wildman–Crippen MR) is 71.2 cm³/mol. The number of piperidine rings is 1. The number of rotatable bonds is 4. The van der Waals surface area contributed by atoms with Gasteiger partial charge in [0.15, 0.2) is 5.69 Å². The first-order valence-corrected chi connectivity index (χ1v) is 6.41. The van der Waals surface area contributed by atoms with Gasteiger partial charge in [0.05, 0.1) is 11.8 Å². The van der Waals surface area contributed by atoms with Gasteiger partial charge >= 0.3 is 5.97 Å². The quantitative estimate of drug-likeness (QED) is 0.824. The van der Waals surface area contributed by atoms with Crippen molar-refractivity contribution in [1.29, 1.82) is 0 Å². The van der Waals surface area contributed by atoms with Crippen molar-refractivity contribution >= 4 is 17.6 Å². The molecule has 1 amide bonds. The number of ether oxygens (including phenoxy) is 1. The molecule has 1 aliphatic rings. The molecule has 0 spiro atoms. The zero-order chi connectivity index (χ0) is 14.5. The van der Waals surface area contributed by atoms with Crippen molar-refractivity contribution in [1.82, 2.24) is 9.88 Å². The molecule has 3 N–H and O–H groups in total. The number of pyridine rings is 1. The summed E-state index contributed by atoms with van der Waals surface area (Å²) in [6, 6.07) is 3.32. The third kappa shape index (κ3) is 3.45. The van der Waals surface area contributed by atoms with E-state index in [1.165, 1.54) is 6.20 Å². The van der Waals surface area contributed by atoms with Crippen LogP contribution in [0.3, 0.4) is 0 Å². The Balaban J connectivity index is 1.89. The molecule has 0 bridgehead atoms. The molecule has 0 aliphatic carbocycles. The summed E-state index contributed by atoms with van der Waals surface area (Å²) >= 11 is 0. The van der Waals surface area contributed by atoms with Crippen molar-refractivity contribution in [3.63, 3.8) is 0 Å². The summed E-state index contributed by atoms with van der Waals surface area (Å²) in [6.45, 7) is 0.726. The number of aromatic nitrogens is 1. The van der Waals surface area contributed by atoms with E-state index in [1.54, 1.807) is 17.0 Å². The number of carboxylic acid groups (broad SMARTS) is 1. The number of carbonyl (C=O) groups is 2. The highest BCUT2D eigenvalue weighted by Gasteiger charge is 2.26. The molecule has 1 aromatic rings. The van der Waals surface area contributed by atoms with E-state index in [0.29, 0.717) is 31.6 Å².